The third-order valence-electron chi connectivity index (χ3n) is 2.65. The molecule has 2 N–H and O–H groups in total. The molecule has 0 saturated carbocycles. The molecular weight excluding hydrogens is 233 g/mol. The number of rotatable bonds is 7. The van der Waals surface area contributed by atoms with Gasteiger partial charge in [-0.2, -0.15) is 0 Å². The van der Waals surface area contributed by atoms with Crippen LogP contribution in [0.3, 0.4) is 0 Å². The molecule has 0 aliphatic heterocycles. The molecule has 0 fully saturated rings. The number of ether oxygens (including phenoxy) is 1. The second kappa shape index (κ2) is 7.34. The quantitative estimate of drug-likeness (QED) is 0.783. The first-order valence-corrected chi connectivity index (χ1v) is 6.24. The fourth-order valence-electron chi connectivity index (χ4n) is 1.74. The SMILES string of the molecule is COc1cccc(CC(O)CNCC(C)C)c1F. The van der Waals surface area contributed by atoms with Crippen molar-refractivity contribution in [2.24, 2.45) is 5.92 Å². The van der Waals surface area contributed by atoms with E-state index in [4.69, 9.17) is 4.74 Å². The zero-order chi connectivity index (χ0) is 13.5. The molecule has 0 saturated heterocycles. The highest BCUT2D eigenvalue weighted by molar-refractivity contribution is 5.31. The number of aliphatic hydroxyl groups excluding tert-OH is 1. The van der Waals surface area contributed by atoms with Crippen molar-refractivity contribution in [1.29, 1.82) is 0 Å². The Kier molecular flexibility index (Phi) is 6.09. The minimum atomic E-state index is -0.592. The van der Waals surface area contributed by atoms with Crippen LogP contribution in [0.2, 0.25) is 0 Å². The zero-order valence-corrected chi connectivity index (χ0v) is 11.2. The molecule has 18 heavy (non-hydrogen) atoms. The van der Waals surface area contributed by atoms with E-state index in [0.717, 1.165) is 6.54 Å². The fourth-order valence-corrected chi connectivity index (χ4v) is 1.74. The van der Waals surface area contributed by atoms with Gasteiger partial charge in [0.05, 0.1) is 13.2 Å². The molecule has 0 aliphatic rings. The van der Waals surface area contributed by atoms with Gasteiger partial charge in [-0.15, -0.1) is 0 Å². The second-order valence-corrected chi connectivity index (χ2v) is 4.84. The Labute approximate surface area is 108 Å². The largest absolute Gasteiger partial charge is 0.494 e. The number of hydrogen-bond acceptors (Lipinski definition) is 3. The van der Waals surface area contributed by atoms with Crippen molar-refractivity contribution < 1.29 is 14.2 Å². The topological polar surface area (TPSA) is 41.5 Å². The van der Waals surface area contributed by atoms with Gasteiger partial charge in [-0.3, -0.25) is 0 Å². The van der Waals surface area contributed by atoms with Crippen molar-refractivity contribution in [3.05, 3.63) is 29.6 Å². The van der Waals surface area contributed by atoms with Crippen molar-refractivity contribution in [2.75, 3.05) is 20.2 Å². The summed E-state index contributed by atoms with van der Waals surface area (Å²) in [4.78, 5) is 0. The van der Waals surface area contributed by atoms with Gasteiger partial charge >= 0.3 is 0 Å². The normalized spacial score (nSPS) is 12.8. The molecule has 1 aromatic carbocycles. The first-order valence-electron chi connectivity index (χ1n) is 6.24. The Morgan fingerprint density at radius 1 is 1.33 bits per heavy atom. The highest BCUT2D eigenvalue weighted by Gasteiger charge is 2.12. The number of hydrogen-bond donors (Lipinski definition) is 2. The molecule has 4 heteroatoms. The van der Waals surface area contributed by atoms with Crippen LogP contribution in [0.5, 0.6) is 5.75 Å². The molecule has 102 valence electrons. The van der Waals surface area contributed by atoms with Crippen LogP contribution >= 0.6 is 0 Å². The van der Waals surface area contributed by atoms with Crippen molar-refractivity contribution in [1.82, 2.24) is 5.32 Å². The lowest BCUT2D eigenvalue weighted by Gasteiger charge is -2.14. The van der Waals surface area contributed by atoms with Crippen molar-refractivity contribution in [3.63, 3.8) is 0 Å². The number of nitrogens with one attached hydrogen (secondary N) is 1. The van der Waals surface area contributed by atoms with E-state index in [1.54, 1.807) is 18.2 Å². The average molecular weight is 255 g/mol. The van der Waals surface area contributed by atoms with Gasteiger partial charge < -0.3 is 15.2 Å². The molecular formula is C14H22FNO2. The lowest BCUT2D eigenvalue weighted by Crippen LogP contribution is -2.31. The molecule has 0 heterocycles. The first kappa shape index (κ1) is 14.9. The third kappa shape index (κ3) is 4.63. The summed E-state index contributed by atoms with van der Waals surface area (Å²) in [7, 11) is 1.43. The molecule has 1 unspecified atom stereocenters. The second-order valence-electron chi connectivity index (χ2n) is 4.84. The molecule has 1 atom stereocenters. The molecule has 0 bridgehead atoms. The minimum Gasteiger partial charge on any atom is -0.494 e. The highest BCUT2D eigenvalue weighted by Crippen LogP contribution is 2.20. The summed E-state index contributed by atoms with van der Waals surface area (Å²) in [5, 5.41) is 13.0. The maximum Gasteiger partial charge on any atom is 0.168 e. The Morgan fingerprint density at radius 3 is 2.67 bits per heavy atom. The van der Waals surface area contributed by atoms with E-state index in [1.807, 2.05) is 0 Å². The van der Waals surface area contributed by atoms with Gasteiger partial charge in [0.15, 0.2) is 11.6 Å². The van der Waals surface area contributed by atoms with Gasteiger partial charge in [-0.05, 0) is 24.1 Å². The fraction of sp³-hybridized carbons (Fsp3) is 0.571. The monoisotopic (exact) mass is 255 g/mol. The van der Waals surface area contributed by atoms with Crippen LogP contribution < -0.4 is 10.1 Å². The Hall–Kier alpha value is -1.13. The Morgan fingerprint density at radius 2 is 2.06 bits per heavy atom. The summed E-state index contributed by atoms with van der Waals surface area (Å²) in [6.45, 7) is 5.51. The molecule has 0 spiro atoms. The van der Waals surface area contributed by atoms with E-state index in [2.05, 4.69) is 19.2 Å². The van der Waals surface area contributed by atoms with Crippen molar-refractivity contribution >= 4 is 0 Å². The van der Waals surface area contributed by atoms with E-state index >= 15 is 0 Å². The number of methoxy groups -OCH3 is 1. The maximum atomic E-state index is 13.8. The van der Waals surface area contributed by atoms with Crippen molar-refractivity contribution in [2.45, 2.75) is 26.4 Å². The van der Waals surface area contributed by atoms with Gasteiger partial charge in [0.1, 0.15) is 0 Å². The standard InChI is InChI=1S/C14H22FNO2/c1-10(2)8-16-9-12(17)7-11-5-4-6-13(18-3)14(11)15/h4-6,10,12,16-17H,7-9H2,1-3H3. The van der Waals surface area contributed by atoms with Crippen LogP contribution in [-0.2, 0) is 6.42 Å². The lowest BCUT2D eigenvalue weighted by atomic mass is 10.1. The summed E-state index contributed by atoms with van der Waals surface area (Å²) in [5.74, 6) is 0.364. The summed E-state index contributed by atoms with van der Waals surface area (Å²) in [6.07, 6.45) is -0.306. The van der Waals surface area contributed by atoms with E-state index in [1.165, 1.54) is 7.11 Å². The van der Waals surface area contributed by atoms with Crippen LogP contribution in [0.1, 0.15) is 19.4 Å². The van der Waals surface area contributed by atoms with E-state index in [9.17, 15) is 9.50 Å². The van der Waals surface area contributed by atoms with E-state index < -0.39 is 6.10 Å². The Bertz CT molecular complexity index is 369. The van der Waals surface area contributed by atoms with Crippen molar-refractivity contribution in [3.8, 4) is 5.75 Å². The van der Waals surface area contributed by atoms with E-state index in [-0.39, 0.29) is 18.0 Å². The van der Waals surface area contributed by atoms with Gasteiger partial charge in [-0.1, -0.05) is 26.0 Å². The average Bonchev–Trinajstić information content (AvgIpc) is 2.31. The molecule has 1 rings (SSSR count). The van der Waals surface area contributed by atoms with Gasteiger partial charge in [0.25, 0.3) is 0 Å². The van der Waals surface area contributed by atoms with E-state index in [0.29, 0.717) is 18.0 Å². The molecule has 3 nitrogen and oxygen atoms in total. The van der Waals surface area contributed by atoms with Crippen LogP contribution in [-0.4, -0.2) is 31.4 Å². The lowest BCUT2D eigenvalue weighted by molar-refractivity contribution is 0.169. The molecule has 0 radical (unpaired) electrons. The predicted octanol–water partition coefficient (Wildman–Crippen LogP) is 1.98. The van der Waals surface area contributed by atoms with Crippen LogP contribution in [0.15, 0.2) is 18.2 Å². The number of aliphatic hydroxyl groups is 1. The molecule has 0 aromatic heterocycles. The molecule has 0 aliphatic carbocycles. The van der Waals surface area contributed by atoms with Gasteiger partial charge in [0.2, 0.25) is 0 Å². The van der Waals surface area contributed by atoms with Crippen LogP contribution in [0.4, 0.5) is 4.39 Å². The summed E-state index contributed by atoms with van der Waals surface area (Å²) >= 11 is 0. The number of benzene rings is 1. The minimum absolute atomic E-state index is 0.217. The van der Waals surface area contributed by atoms with Crippen LogP contribution in [0, 0.1) is 11.7 Å². The van der Waals surface area contributed by atoms with Gasteiger partial charge in [0, 0.05) is 13.0 Å². The smallest absolute Gasteiger partial charge is 0.168 e. The summed E-state index contributed by atoms with van der Waals surface area (Å²) in [6, 6.07) is 4.97. The summed E-state index contributed by atoms with van der Waals surface area (Å²) < 4.78 is 18.7. The summed E-state index contributed by atoms with van der Waals surface area (Å²) in [5.41, 5.74) is 0.480. The third-order valence-corrected chi connectivity index (χ3v) is 2.65. The maximum absolute atomic E-state index is 13.8. The van der Waals surface area contributed by atoms with Gasteiger partial charge in [-0.25, -0.2) is 4.39 Å². The molecule has 1 aromatic rings. The van der Waals surface area contributed by atoms with Crippen LogP contribution in [0.25, 0.3) is 0 Å². The number of halogens is 1. The predicted molar refractivity (Wildman–Crippen MR) is 70.4 cm³/mol. The first-order chi connectivity index (χ1) is 8.54. The molecule has 0 amide bonds. The Balaban J connectivity index is 2.51. The zero-order valence-electron chi connectivity index (χ0n) is 11.2. The highest BCUT2D eigenvalue weighted by atomic mass is 19.1.